The summed E-state index contributed by atoms with van der Waals surface area (Å²) in [6.45, 7) is 7.35. The molecule has 0 N–H and O–H groups in total. The number of esters is 1. The van der Waals surface area contributed by atoms with Crippen LogP contribution in [0.1, 0.15) is 32.6 Å². The average molecular weight is 467 g/mol. The van der Waals surface area contributed by atoms with Crippen LogP contribution in [0.3, 0.4) is 0 Å². The third-order valence-corrected chi connectivity index (χ3v) is 10.3. The largest absolute Gasteiger partial charge is 0.461 e. The highest BCUT2D eigenvalue weighted by Crippen LogP contribution is 2.60. The van der Waals surface area contributed by atoms with Gasteiger partial charge in [-0.05, 0) is 63.4 Å². The number of hydrogen-bond acceptors (Lipinski definition) is 5. The van der Waals surface area contributed by atoms with Gasteiger partial charge in [-0.3, -0.25) is 14.2 Å². The van der Waals surface area contributed by atoms with Crippen LogP contribution in [0.2, 0.25) is 0 Å². The molecular formula is C25H27N2O3PS. The van der Waals surface area contributed by atoms with Crippen molar-refractivity contribution in [2.75, 3.05) is 0 Å². The Hall–Kier alpha value is -2.69. The molecule has 0 radical (unpaired) electrons. The number of rotatable bonds is 6. The summed E-state index contributed by atoms with van der Waals surface area (Å²) in [7, 11) is -3.41. The quantitative estimate of drug-likeness (QED) is 0.381. The summed E-state index contributed by atoms with van der Waals surface area (Å²) in [5.74, 6) is -0.435. The lowest BCUT2D eigenvalue weighted by Gasteiger charge is -2.46. The van der Waals surface area contributed by atoms with Crippen molar-refractivity contribution in [2.45, 2.75) is 44.9 Å². The van der Waals surface area contributed by atoms with Gasteiger partial charge in [0.2, 0.25) is 7.29 Å². The molecule has 0 aliphatic carbocycles. The van der Waals surface area contributed by atoms with E-state index in [-0.39, 0.29) is 6.10 Å². The SMILES string of the molecule is CC(C)OC(=O)[C@]1(C)N=CN(P(=O)(c2ccccc2)c2ccccc2)[C@@]1(C)c1cccs1. The highest BCUT2D eigenvalue weighted by atomic mass is 32.1. The van der Waals surface area contributed by atoms with Crippen LogP contribution < -0.4 is 10.6 Å². The first-order valence-corrected chi connectivity index (χ1v) is 13.1. The van der Waals surface area contributed by atoms with E-state index in [1.807, 2.05) is 98.9 Å². The van der Waals surface area contributed by atoms with Crippen LogP contribution in [0.4, 0.5) is 0 Å². The van der Waals surface area contributed by atoms with Crippen LogP contribution in [-0.2, 0) is 19.6 Å². The maximum Gasteiger partial charge on any atom is 0.336 e. The summed E-state index contributed by atoms with van der Waals surface area (Å²) in [5, 5.41) is 3.32. The molecule has 0 unspecified atom stereocenters. The van der Waals surface area contributed by atoms with Crippen LogP contribution >= 0.6 is 18.6 Å². The number of hydrogen-bond donors (Lipinski definition) is 0. The van der Waals surface area contributed by atoms with Gasteiger partial charge < -0.3 is 4.74 Å². The molecule has 2 heterocycles. The van der Waals surface area contributed by atoms with Gasteiger partial charge >= 0.3 is 5.97 Å². The summed E-state index contributed by atoms with van der Waals surface area (Å²) in [4.78, 5) is 19.0. The van der Waals surface area contributed by atoms with E-state index in [0.29, 0.717) is 10.6 Å². The van der Waals surface area contributed by atoms with Gasteiger partial charge in [0.1, 0.15) is 5.54 Å². The maximum absolute atomic E-state index is 15.1. The Balaban J connectivity index is 1.97. The Morgan fingerprint density at radius 1 is 0.969 bits per heavy atom. The number of carbonyl (C=O) groups excluding carboxylic acids is 1. The fourth-order valence-electron chi connectivity index (χ4n) is 4.14. The Morgan fingerprint density at radius 2 is 1.53 bits per heavy atom. The molecule has 1 aromatic heterocycles. The first-order valence-electron chi connectivity index (χ1n) is 10.6. The second kappa shape index (κ2) is 8.34. The zero-order valence-electron chi connectivity index (χ0n) is 18.6. The van der Waals surface area contributed by atoms with E-state index >= 15 is 4.57 Å². The van der Waals surface area contributed by atoms with Crippen molar-refractivity contribution in [1.82, 2.24) is 4.67 Å². The van der Waals surface area contributed by atoms with E-state index in [9.17, 15) is 4.79 Å². The van der Waals surface area contributed by atoms with Gasteiger partial charge in [-0.1, -0.05) is 42.5 Å². The molecule has 3 aromatic rings. The lowest BCUT2D eigenvalue weighted by molar-refractivity contribution is -0.156. The number of ether oxygens (including phenoxy) is 1. The zero-order chi connectivity index (χ0) is 23.0. The highest BCUT2D eigenvalue weighted by molar-refractivity contribution is 7.77. The van der Waals surface area contributed by atoms with Crippen molar-refractivity contribution in [3.05, 3.63) is 83.1 Å². The minimum atomic E-state index is -3.41. The normalized spacial score (nSPS) is 23.0. The number of aliphatic imine (C=N–C) groups is 1. The van der Waals surface area contributed by atoms with Crippen molar-refractivity contribution in [1.29, 1.82) is 0 Å². The molecule has 0 fully saturated rings. The standard InChI is InChI=1S/C25H27N2O3PS/c1-19(2)30-23(28)24(3)25(4,22-16-11-17-32-22)27(18-26-24)31(29,20-12-7-5-8-13-20)21-14-9-6-10-15-21/h5-19H,1-4H3/t24-,25-/m0/s1. The van der Waals surface area contributed by atoms with Gasteiger partial charge in [-0.2, -0.15) is 0 Å². The van der Waals surface area contributed by atoms with Gasteiger partial charge in [0.15, 0.2) is 5.54 Å². The monoisotopic (exact) mass is 466 g/mol. The summed E-state index contributed by atoms with van der Waals surface area (Å²) in [5.41, 5.74) is -2.30. The molecule has 0 spiro atoms. The average Bonchev–Trinajstić information content (AvgIpc) is 3.43. The molecule has 32 heavy (non-hydrogen) atoms. The second-order valence-corrected chi connectivity index (χ2v) is 12.0. The van der Waals surface area contributed by atoms with Crippen LogP contribution in [0, 0.1) is 0 Å². The van der Waals surface area contributed by atoms with E-state index in [0.717, 1.165) is 4.88 Å². The molecule has 5 nitrogen and oxygen atoms in total. The van der Waals surface area contributed by atoms with Crippen LogP contribution in [0.25, 0.3) is 0 Å². The fourth-order valence-corrected chi connectivity index (χ4v) is 8.20. The Bertz CT molecular complexity index is 1120. The topological polar surface area (TPSA) is 59.0 Å². The molecule has 2 atom stereocenters. The summed E-state index contributed by atoms with van der Waals surface area (Å²) < 4.78 is 22.6. The van der Waals surface area contributed by atoms with Crippen molar-refractivity contribution in [2.24, 2.45) is 4.99 Å². The number of benzene rings is 2. The fraction of sp³-hybridized carbons (Fsp3) is 0.280. The first-order chi connectivity index (χ1) is 15.2. The van der Waals surface area contributed by atoms with Gasteiger partial charge in [0.05, 0.1) is 12.4 Å². The molecule has 166 valence electrons. The molecule has 1 aliphatic heterocycles. The number of nitrogens with zero attached hydrogens (tertiary/aromatic N) is 2. The number of thiophene rings is 1. The molecule has 0 bridgehead atoms. The highest BCUT2D eigenvalue weighted by Gasteiger charge is 2.63. The summed E-state index contributed by atoms with van der Waals surface area (Å²) >= 11 is 1.52. The van der Waals surface area contributed by atoms with Crippen LogP contribution in [0.5, 0.6) is 0 Å². The predicted octanol–water partition coefficient (Wildman–Crippen LogP) is 4.95. The van der Waals surface area contributed by atoms with Crippen LogP contribution in [0.15, 0.2) is 83.2 Å². The van der Waals surface area contributed by atoms with E-state index in [2.05, 4.69) is 4.99 Å². The van der Waals surface area contributed by atoms with Gasteiger partial charge in [-0.25, -0.2) is 4.79 Å². The van der Waals surface area contributed by atoms with Gasteiger partial charge in [0, 0.05) is 15.5 Å². The van der Waals surface area contributed by atoms with Gasteiger partial charge in [0.25, 0.3) is 0 Å². The van der Waals surface area contributed by atoms with Crippen molar-refractivity contribution < 1.29 is 14.1 Å². The lowest BCUT2D eigenvalue weighted by atomic mass is 9.79. The molecule has 1 aliphatic rings. The molecule has 0 saturated carbocycles. The third kappa shape index (κ3) is 3.33. The number of carbonyl (C=O) groups is 1. The Kier molecular flexibility index (Phi) is 5.87. The summed E-state index contributed by atoms with van der Waals surface area (Å²) in [6.07, 6.45) is 1.30. The van der Waals surface area contributed by atoms with E-state index in [1.54, 1.807) is 17.9 Å². The van der Waals surface area contributed by atoms with Crippen LogP contribution in [-0.4, -0.2) is 28.6 Å². The minimum Gasteiger partial charge on any atom is -0.461 e. The minimum absolute atomic E-state index is 0.286. The first kappa shape index (κ1) is 22.5. The molecule has 0 amide bonds. The van der Waals surface area contributed by atoms with Crippen molar-refractivity contribution in [3.63, 3.8) is 0 Å². The Morgan fingerprint density at radius 3 is 2.00 bits per heavy atom. The van der Waals surface area contributed by atoms with E-state index in [1.165, 1.54) is 11.3 Å². The smallest absolute Gasteiger partial charge is 0.336 e. The molecule has 2 aromatic carbocycles. The third-order valence-electron chi connectivity index (χ3n) is 6.09. The zero-order valence-corrected chi connectivity index (χ0v) is 20.3. The lowest BCUT2D eigenvalue weighted by Crippen LogP contribution is -2.57. The van der Waals surface area contributed by atoms with Gasteiger partial charge in [-0.15, -0.1) is 11.3 Å². The van der Waals surface area contributed by atoms with E-state index < -0.39 is 24.3 Å². The van der Waals surface area contributed by atoms with Crippen molar-refractivity contribution in [3.8, 4) is 0 Å². The van der Waals surface area contributed by atoms with E-state index in [4.69, 9.17) is 4.74 Å². The Labute approximate surface area is 193 Å². The predicted molar refractivity (Wildman–Crippen MR) is 131 cm³/mol. The van der Waals surface area contributed by atoms with Crippen molar-refractivity contribution >= 4 is 41.5 Å². The molecule has 7 heteroatoms. The molecule has 0 saturated heterocycles. The molecule has 4 rings (SSSR count). The second-order valence-electron chi connectivity index (χ2n) is 8.41. The maximum atomic E-state index is 15.1. The summed E-state index contributed by atoms with van der Waals surface area (Å²) in [6, 6.07) is 22.7. The molecular weight excluding hydrogens is 439 g/mol.